The molecule has 0 unspecified atom stereocenters. The highest BCUT2D eigenvalue weighted by Crippen LogP contribution is 2.35. The number of anilines is 3. The second kappa shape index (κ2) is 9.13. The van der Waals surface area contributed by atoms with Crippen molar-refractivity contribution in [2.75, 3.05) is 21.5 Å². The van der Waals surface area contributed by atoms with Crippen molar-refractivity contribution >= 4 is 50.2 Å². The molecule has 0 saturated carbocycles. The number of aryl methyl sites for hydroxylation is 2. The van der Waals surface area contributed by atoms with Crippen molar-refractivity contribution in [2.24, 2.45) is 0 Å². The summed E-state index contributed by atoms with van der Waals surface area (Å²) in [7, 11) is -3.68. The molecule has 166 valence electrons. The first-order valence-electron chi connectivity index (χ1n) is 10.3. The Balaban J connectivity index is 1.51. The topological polar surface area (TPSA) is 95.6 Å². The molecule has 3 aromatic rings. The number of amides is 2. The maximum Gasteiger partial charge on any atom is 0.314 e. The van der Waals surface area contributed by atoms with E-state index in [2.05, 4.69) is 10.6 Å². The molecule has 0 bridgehead atoms. The van der Waals surface area contributed by atoms with Crippen LogP contribution in [-0.4, -0.2) is 26.8 Å². The summed E-state index contributed by atoms with van der Waals surface area (Å²) in [5.41, 5.74) is 3.43. The molecule has 1 aromatic heterocycles. The Bertz CT molecular complexity index is 1240. The summed E-state index contributed by atoms with van der Waals surface area (Å²) in [5.74, 6) is -1.62. The van der Waals surface area contributed by atoms with E-state index in [1.165, 1.54) is 15.6 Å². The van der Waals surface area contributed by atoms with Crippen LogP contribution in [-0.2, 0) is 32.5 Å². The summed E-state index contributed by atoms with van der Waals surface area (Å²) in [6.07, 6.45) is 2.34. The molecule has 1 aliphatic rings. The number of hydrogen-bond donors (Lipinski definition) is 2. The summed E-state index contributed by atoms with van der Waals surface area (Å²) < 4.78 is 27.8. The van der Waals surface area contributed by atoms with Crippen LogP contribution in [0, 0.1) is 0 Å². The van der Waals surface area contributed by atoms with Gasteiger partial charge in [-0.3, -0.25) is 13.9 Å². The van der Waals surface area contributed by atoms with Gasteiger partial charge in [-0.05, 0) is 66.1 Å². The first kappa shape index (κ1) is 22.0. The van der Waals surface area contributed by atoms with Crippen LogP contribution in [0.15, 0.2) is 64.2 Å². The zero-order chi connectivity index (χ0) is 22.7. The fraction of sp³-hybridized carbons (Fsp3) is 0.217. The van der Waals surface area contributed by atoms with Gasteiger partial charge in [-0.1, -0.05) is 31.2 Å². The molecule has 1 aliphatic heterocycles. The van der Waals surface area contributed by atoms with Crippen molar-refractivity contribution in [1.29, 1.82) is 0 Å². The Morgan fingerprint density at radius 3 is 2.34 bits per heavy atom. The van der Waals surface area contributed by atoms with Crippen molar-refractivity contribution in [3.05, 3.63) is 71.1 Å². The second-order valence-corrected chi connectivity index (χ2v) is 10.5. The van der Waals surface area contributed by atoms with E-state index in [1.54, 1.807) is 47.8 Å². The molecule has 0 saturated heterocycles. The average molecular weight is 470 g/mol. The van der Waals surface area contributed by atoms with Crippen LogP contribution >= 0.6 is 11.3 Å². The number of rotatable bonds is 5. The van der Waals surface area contributed by atoms with Crippen LogP contribution in [0.5, 0.6) is 0 Å². The van der Waals surface area contributed by atoms with E-state index in [1.807, 2.05) is 19.1 Å². The first-order valence-corrected chi connectivity index (χ1v) is 12.6. The van der Waals surface area contributed by atoms with E-state index in [9.17, 15) is 18.0 Å². The van der Waals surface area contributed by atoms with Crippen molar-refractivity contribution in [2.45, 2.75) is 30.4 Å². The normalized spacial score (nSPS) is 13.3. The third-order valence-corrected chi connectivity index (χ3v) is 8.47. The van der Waals surface area contributed by atoms with Gasteiger partial charge in [-0.2, -0.15) is 0 Å². The largest absolute Gasteiger partial charge is 0.318 e. The summed E-state index contributed by atoms with van der Waals surface area (Å²) in [5, 5.41) is 6.87. The fourth-order valence-electron chi connectivity index (χ4n) is 3.59. The Morgan fingerprint density at radius 2 is 1.69 bits per heavy atom. The number of nitrogens with zero attached hydrogens (tertiary/aromatic N) is 1. The molecule has 7 nitrogen and oxygen atoms in total. The molecular weight excluding hydrogens is 446 g/mol. The molecule has 4 rings (SSSR count). The first-order chi connectivity index (χ1) is 15.4. The minimum absolute atomic E-state index is 0.272. The van der Waals surface area contributed by atoms with Gasteiger partial charge in [0.2, 0.25) is 0 Å². The third-order valence-electron chi connectivity index (χ3n) is 5.28. The van der Waals surface area contributed by atoms with Crippen molar-refractivity contribution in [1.82, 2.24) is 0 Å². The molecule has 9 heteroatoms. The Hall–Kier alpha value is -3.17. The summed E-state index contributed by atoms with van der Waals surface area (Å²) in [6, 6.07) is 15.6. The lowest BCUT2D eigenvalue weighted by Gasteiger charge is -2.30. The summed E-state index contributed by atoms with van der Waals surface area (Å²) in [6.45, 7) is 2.39. The Morgan fingerprint density at radius 1 is 1.00 bits per heavy atom. The van der Waals surface area contributed by atoms with Crippen LogP contribution in [0.3, 0.4) is 0 Å². The molecule has 2 N–H and O–H groups in total. The minimum atomic E-state index is -3.68. The molecule has 32 heavy (non-hydrogen) atoms. The highest BCUT2D eigenvalue weighted by atomic mass is 32.2. The number of carbonyl (C=O) groups is 2. The molecule has 0 spiro atoms. The van der Waals surface area contributed by atoms with Crippen molar-refractivity contribution in [3.63, 3.8) is 0 Å². The summed E-state index contributed by atoms with van der Waals surface area (Å²) in [4.78, 5) is 24.7. The number of hydrogen-bond acceptors (Lipinski definition) is 5. The van der Waals surface area contributed by atoms with E-state index >= 15 is 0 Å². The highest BCUT2D eigenvalue weighted by molar-refractivity contribution is 7.94. The fourth-order valence-corrected chi connectivity index (χ4v) is 6.22. The molecule has 0 fully saturated rings. The van der Waals surface area contributed by atoms with Gasteiger partial charge in [0.05, 0.1) is 5.69 Å². The van der Waals surface area contributed by atoms with Gasteiger partial charge in [-0.15, -0.1) is 11.3 Å². The van der Waals surface area contributed by atoms with Gasteiger partial charge in [0.15, 0.2) is 0 Å². The lowest BCUT2D eigenvalue weighted by Crippen LogP contribution is -2.35. The predicted molar refractivity (Wildman–Crippen MR) is 127 cm³/mol. The SMILES string of the molecule is CCc1ccc(NC(=O)C(=O)Nc2ccc3c(c2)N(S(=O)(=O)c2cccs2)CCC3)cc1. The van der Waals surface area contributed by atoms with E-state index < -0.39 is 21.8 Å². The highest BCUT2D eigenvalue weighted by Gasteiger charge is 2.30. The molecule has 0 aliphatic carbocycles. The van der Waals surface area contributed by atoms with Crippen LogP contribution in [0.2, 0.25) is 0 Å². The summed E-state index contributed by atoms with van der Waals surface area (Å²) >= 11 is 1.17. The lowest BCUT2D eigenvalue weighted by molar-refractivity contribution is -0.132. The van der Waals surface area contributed by atoms with Gasteiger partial charge in [-0.25, -0.2) is 8.42 Å². The lowest BCUT2D eigenvalue weighted by atomic mass is 10.0. The number of sulfonamides is 1. The average Bonchev–Trinajstić information content (AvgIpc) is 3.35. The van der Waals surface area contributed by atoms with E-state index in [4.69, 9.17) is 0 Å². The number of fused-ring (bicyclic) bond motifs is 1. The molecule has 2 amide bonds. The number of carbonyl (C=O) groups excluding carboxylic acids is 2. The Kier molecular flexibility index (Phi) is 6.29. The third kappa shape index (κ3) is 4.53. The van der Waals surface area contributed by atoms with E-state index in [-0.39, 0.29) is 4.21 Å². The molecule has 0 atom stereocenters. The van der Waals surface area contributed by atoms with Crippen LogP contribution in [0.25, 0.3) is 0 Å². The van der Waals surface area contributed by atoms with Gasteiger partial charge in [0, 0.05) is 17.9 Å². The smallest absolute Gasteiger partial charge is 0.314 e. The van der Waals surface area contributed by atoms with Crippen LogP contribution in [0.1, 0.15) is 24.5 Å². The number of thiophene rings is 1. The number of nitrogens with one attached hydrogen (secondary N) is 2. The van der Waals surface area contributed by atoms with E-state index in [0.29, 0.717) is 30.0 Å². The molecular formula is C23H23N3O4S2. The van der Waals surface area contributed by atoms with Gasteiger partial charge >= 0.3 is 11.8 Å². The predicted octanol–water partition coefficient (Wildman–Crippen LogP) is 4.03. The standard InChI is InChI=1S/C23H23N3O4S2/c1-2-16-7-10-18(11-8-16)24-22(27)23(28)25-19-12-9-17-5-3-13-26(20(17)15-19)32(29,30)21-6-4-14-31-21/h4,6-12,14-15H,2-3,5,13H2,1H3,(H,24,27)(H,25,28). The van der Waals surface area contributed by atoms with Crippen molar-refractivity contribution in [3.8, 4) is 0 Å². The molecule has 2 aromatic carbocycles. The van der Waals surface area contributed by atoms with Crippen molar-refractivity contribution < 1.29 is 18.0 Å². The maximum atomic E-state index is 13.1. The van der Waals surface area contributed by atoms with E-state index in [0.717, 1.165) is 24.0 Å². The molecule has 0 radical (unpaired) electrons. The molecule has 2 heterocycles. The Labute approximate surface area is 191 Å². The quantitative estimate of drug-likeness (QED) is 0.552. The van der Waals surface area contributed by atoms with Gasteiger partial charge in [0.1, 0.15) is 4.21 Å². The maximum absolute atomic E-state index is 13.1. The monoisotopic (exact) mass is 469 g/mol. The van der Waals surface area contributed by atoms with Gasteiger partial charge in [0.25, 0.3) is 10.0 Å². The zero-order valence-corrected chi connectivity index (χ0v) is 19.1. The van der Waals surface area contributed by atoms with Gasteiger partial charge < -0.3 is 10.6 Å². The minimum Gasteiger partial charge on any atom is -0.318 e. The van der Waals surface area contributed by atoms with Crippen LogP contribution < -0.4 is 14.9 Å². The van der Waals surface area contributed by atoms with Crippen LogP contribution in [0.4, 0.5) is 17.1 Å². The zero-order valence-electron chi connectivity index (χ0n) is 17.5. The second-order valence-electron chi connectivity index (χ2n) is 7.42. The number of benzene rings is 2.